The largest absolute Gasteiger partial charge is 0.381 e. The number of hydrogen-bond acceptors (Lipinski definition) is 3. The lowest BCUT2D eigenvalue weighted by atomic mass is 9.82. The summed E-state index contributed by atoms with van der Waals surface area (Å²) in [6, 6.07) is -0.217. The SMILES string of the molecule is Cc1nccn1[C@H](C)C(=O)NCC1(C)CCOCC1. The summed E-state index contributed by atoms with van der Waals surface area (Å²) in [6.07, 6.45) is 5.58. The maximum absolute atomic E-state index is 12.2. The van der Waals surface area contributed by atoms with Crippen LogP contribution in [0.2, 0.25) is 0 Å². The third kappa shape index (κ3) is 3.35. The average Bonchev–Trinajstić information content (AvgIpc) is 2.82. The van der Waals surface area contributed by atoms with Crippen molar-refractivity contribution in [2.45, 2.75) is 39.7 Å². The molecular weight excluding hydrogens is 242 g/mol. The minimum absolute atomic E-state index is 0.0498. The number of aryl methyl sites for hydroxylation is 1. The second kappa shape index (κ2) is 5.74. The van der Waals surface area contributed by atoms with Crippen molar-refractivity contribution in [3.05, 3.63) is 18.2 Å². The molecule has 2 heterocycles. The second-order valence-electron chi connectivity index (χ2n) is 5.70. The van der Waals surface area contributed by atoms with E-state index in [0.29, 0.717) is 6.54 Å². The molecule has 0 aliphatic carbocycles. The van der Waals surface area contributed by atoms with Gasteiger partial charge >= 0.3 is 0 Å². The van der Waals surface area contributed by atoms with Crippen LogP contribution in [0.3, 0.4) is 0 Å². The minimum atomic E-state index is -0.217. The predicted octanol–water partition coefficient (Wildman–Crippen LogP) is 1.69. The Morgan fingerprint density at radius 2 is 2.26 bits per heavy atom. The van der Waals surface area contributed by atoms with E-state index in [1.54, 1.807) is 6.20 Å². The number of nitrogens with zero attached hydrogens (tertiary/aromatic N) is 2. The molecule has 1 N–H and O–H groups in total. The van der Waals surface area contributed by atoms with Crippen molar-refractivity contribution in [2.24, 2.45) is 5.41 Å². The van der Waals surface area contributed by atoms with Crippen molar-refractivity contribution < 1.29 is 9.53 Å². The Kier molecular flexibility index (Phi) is 4.24. The van der Waals surface area contributed by atoms with Gasteiger partial charge in [0.2, 0.25) is 5.91 Å². The van der Waals surface area contributed by atoms with Gasteiger partial charge in [0.25, 0.3) is 0 Å². The number of hydrogen-bond donors (Lipinski definition) is 1. The molecule has 1 fully saturated rings. The van der Waals surface area contributed by atoms with Crippen LogP contribution in [0.1, 0.15) is 38.6 Å². The number of aromatic nitrogens is 2. The molecule has 1 saturated heterocycles. The third-order valence-electron chi connectivity index (χ3n) is 4.05. The zero-order valence-corrected chi connectivity index (χ0v) is 12.0. The molecule has 106 valence electrons. The maximum atomic E-state index is 12.2. The van der Waals surface area contributed by atoms with Gasteiger partial charge in [0, 0.05) is 32.2 Å². The number of nitrogens with one attached hydrogen (secondary N) is 1. The molecule has 1 aromatic heterocycles. The number of ether oxygens (including phenoxy) is 1. The normalized spacial score (nSPS) is 19.9. The molecule has 19 heavy (non-hydrogen) atoms. The molecule has 0 radical (unpaired) electrons. The van der Waals surface area contributed by atoms with Crippen LogP contribution in [0.4, 0.5) is 0 Å². The lowest BCUT2D eigenvalue weighted by molar-refractivity contribution is -0.124. The number of rotatable bonds is 4. The van der Waals surface area contributed by atoms with Crippen LogP contribution < -0.4 is 5.32 Å². The van der Waals surface area contributed by atoms with Crippen molar-refractivity contribution in [1.82, 2.24) is 14.9 Å². The smallest absolute Gasteiger partial charge is 0.242 e. The average molecular weight is 265 g/mol. The molecule has 0 aromatic carbocycles. The van der Waals surface area contributed by atoms with Crippen molar-refractivity contribution in [1.29, 1.82) is 0 Å². The molecule has 5 nitrogen and oxygen atoms in total. The Morgan fingerprint density at radius 1 is 1.58 bits per heavy atom. The Bertz CT molecular complexity index is 436. The summed E-state index contributed by atoms with van der Waals surface area (Å²) in [5.74, 6) is 0.911. The van der Waals surface area contributed by atoms with Gasteiger partial charge in [-0.3, -0.25) is 4.79 Å². The highest BCUT2D eigenvalue weighted by atomic mass is 16.5. The van der Waals surface area contributed by atoms with E-state index in [0.717, 1.165) is 31.9 Å². The molecule has 1 atom stereocenters. The highest BCUT2D eigenvalue weighted by molar-refractivity contribution is 5.80. The van der Waals surface area contributed by atoms with Crippen LogP contribution in [-0.2, 0) is 9.53 Å². The standard InChI is InChI=1S/C14H23N3O2/c1-11(17-7-6-15-12(17)2)13(18)16-10-14(3)4-8-19-9-5-14/h6-7,11H,4-5,8-10H2,1-3H3,(H,16,18)/t11-/m1/s1. The Labute approximate surface area is 114 Å². The molecule has 0 spiro atoms. The van der Waals surface area contributed by atoms with E-state index >= 15 is 0 Å². The first-order chi connectivity index (χ1) is 9.02. The number of amides is 1. The van der Waals surface area contributed by atoms with Gasteiger partial charge in [-0.2, -0.15) is 0 Å². The van der Waals surface area contributed by atoms with Gasteiger partial charge in [0.05, 0.1) is 0 Å². The maximum Gasteiger partial charge on any atom is 0.242 e. The van der Waals surface area contributed by atoms with Gasteiger partial charge < -0.3 is 14.6 Å². The summed E-state index contributed by atoms with van der Waals surface area (Å²) < 4.78 is 7.26. The second-order valence-corrected chi connectivity index (χ2v) is 5.70. The van der Waals surface area contributed by atoms with Gasteiger partial charge in [-0.05, 0) is 32.1 Å². The molecule has 0 unspecified atom stereocenters. The van der Waals surface area contributed by atoms with Crippen LogP contribution in [-0.4, -0.2) is 35.2 Å². The molecule has 1 amide bonds. The molecule has 1 aromatic rings. The van der Waals surface area contributed by atoms with Crippen LogP contribution in [0.15, 0.2) is 12.4 Å². The van der Waals surface area contributed by atoms with Gasteiger partial charge in [0.1, 0.15) is 11.9 Å². The summed E-state index contributed by atoms with van der Waals surface area (Å²) in [7, 11) is 0. The molecular formula is C14H23N3O2. The molecule has 1 aliphatic heterocycles. The lowest BCUT2D eigenvalue weighted by Crippen LogP contribution is -2.41. The Balaban J connectivity index is 1.89. The first-order valence-corrected chi connectivity index (χ1v) is 6.87. The fraction of sp³-hybridized carbons (Fsp3) is 0.714. The number of carbonyl (C=O) groups is 1. The van der Waals surface area contributed by atoms with Crippen molar-refractivity contribution in [3.63, 3.8) is 0 Å². The fourth-order valence-electron chi connectivity index (χ4n) is 2.41. The minimum Gasteiger partial charge on any atom is -0.381 e. The predicted molar refractivity (Wildman–Crippen MR) is 72.8 cm³/mol. The Hall–Kier alpha value is -1.36. The highest BCUT2D eigenvalue weighted by Crippen LogP contribution is 2.28. The van der Waals surface area contributed by atoms with Crippen molar-refractivity contribution in [2.75, 3.05) is 19.8 Å². The topological polar surface area (TPSA) is 56.2 Å². The van der Waals surface area contributed by atoms with E-state index < -0.39 is 0 Å². The van der Waals surface area contributed by atoms with E-state index in [9.17, 15) is 4.79 Å². The van der Waals surface area contributed by atoms with Gasteiger partial charge in [-0.25, -0.2) is 4.98 Å². The molecule has 0 saturated carbocycles. The summed E-state index contributed by atoms with van der Waals surface area (Å²) >= 11 is 0. The number of carbonyl (C=O) groups excluding carboxylic acids is 1. The van der Waals surface area contributed by atoms with E-state index in [-0.39, 0.29) is 17.4 Å². The lowest BCUT2D eigenvalue weighted by Gasteiger charge is -2.34. The van der Waals surface area contributed by atoms with Gasteiger partial charge in [0.15, 0.2) is 0 Å². The summed E-state index contributed by atoms with van der Waals surface area (Å²) in [6.45, 7) is 8.32. The van der Waals surface area contributed by atoms with Crippen molar-refractivity contribution in [3.8, 4) is 0 Å². The summed E-state index contributed by atoms with van der Waals surface area (Å²) in [5, 5.41) is 3.07. The van der Waals surface area contributed by atoms with Crippen LogP contribution in [0, 0.1) is 12.3 Å². The summed E-state index contributed by atoms with van der Waals surface area (Å²) in [4.78, 5) is 16.3. The van der Waals surface area contributed by atoms with Crippen LogP contribution in [0.5, 0.6) is 0 Å². The quantitative estimate of drug-likeness (QED) is 0.901. The van der Waals surface area contributed by atoms with Gasteiger partial charge in [-0.15, -0.1) is 0 Å². The zero-order chi connectivity index (χ0) is 13.9. The number of imidazole rings is 1. The highest BCUT2D eigenvalue weighted by Gasteiger charge is 2.28. The van der Waals surface area contributed by atoms with E-state index in [2.05, 4.69) is 17.2 Å². The molecule has 0 bridgehead atoms. The zero-order valence-electron chi connectivity index (χ0n) is 12.0. The molecule has 2 rings (SSSR count). The Morgan fingerprint density at radius 3 is 2.84 bits per heavy atom. The fourth-order valence-corrected chi connectivity index (χ4v) is 2.41. The van der Waals surface area contributed by atoms with Crippen LogP contribution in [0.25, 0.3) is 0 Å². The first-order valence-electron chi connectivity index (χ1n) is 6.87. The van der Waals surface area contributed by atoms with E-state index in [1.165, 1.54) is 0 Å². The van der Waals surface area contributed by atoms with Gasteiger partial charge in [-0.1, -0.05) is 6.92 Å². The monoisotopic (exact) mass is 265 g/mol. The van der Waals surface area contributed by atoms with Crippen molar-refractivity contribution >= 4 is 5.91 Å². The van der Waals surface area contributed by atoms with Crippen LogP contribution >= 0.6 is 0 Å². The first kappa shape index (κ1) is 14.1. The summed E-state index contributed by atoms with van der Waals surface area (Å²) in [5.41, 5.74) is 0.164. The molecule has 1 aliphatic rings. The molecule has 5 heteroatoms. The third-order valence-corrected chi connectivity index (χ3v) is 4.05. The van der Waals surface area contributed by atoms with E-state index in [4.69, 9.17) is 4.74 Å². The van der Waals surface area contributed by atoms with E-state index in [1.807, 2.05) is 24.6 Å².